The first-order valence-corrected chi connectivity index (χ1v) is 13.0. The smallest absolute Gasteiger partial charge is 0.270 e. The van der Waals surface area contributed by atoms with Crippen LogP contribution in [-0.2, 0) is 4.79 Å². The number of anilines is 1. The molecule has 0 radical (unpaired) electrons. The second-order valence-corrected chi connectivity index (χ2v) is 12.0. The van der Waals surface area contributed by atoms with Crippen molar-refractivity contribution >= 4 is 17.6 Å². The van der Waals surface area contributed by atoms with E-state index in [1.54, 1.807) is 6.07 Å². The van der Waals surface area contributed by atoms with Crippen LogP contribution >= 0.6 is 0 Å². The van der Waals surface area contributed by atoms with E-state index in [1.807, 2.05) is 12.1 Å². The van der Waals surface area contributed by atoms with Crippen LogP contribution in [0.4, 0.5) is 5.82 Å². The molecule has 6 aliphatic rings. The molecular formula is C26H37N5O3. The maximum absolute atomic E-state index is 13.2. The van der Waals surface area contributed by atoms with Gasteiger partial charge in [0.2, 0.25) is 5.91 Å². The molecule has 1 aliphatic heterocycles. The Morgan fingerprint density at radius 2 is 1.91 bits per heavy atom. The summed E-state index contributed by atoms with van der Waals surface area (Å²) in [6.07, 6.45) is 6.62. The molecule has 1 aromatic rings. The third-order valence-corrected chi connectivity index (χ3v) is 9.41. The van der Waals surface area contributed by atoms with Crippen LogP contribution in [0.1, 0.15) is 62.4 Å². The number of aromatic nitrogens is 1. The van der Waals surface area contributed by atoms with Crippen molar-refractivity contribution in [1.29, 1.82) is 0 Å². The van der Waals surface area contributed by atoms with E-state index < -0.39 is 5.60 Å². The van der Waals surface area contributed by atoms with Gasteiger partial charge in [0.1, 0.15) is 11.5 Å². The van der Waals surface area contributed by atoms with Crippen molar-refractivity contribution in [2.45, 2.75) is 69.6 Å². The molecule has 8 nitrogen and oxygen atoms in total. The number of primary amides is 1. The number of pyridine rings is 1. The highest BCUT2D eigenvalue weighted by Gasteiger charge is 2.55. The molecule has 3 unspecified atom stereocenters. The molecule has 5 saturated carbocycles. The number of nitrogens with one attached hydrogen (secondary N) is 1. The van der Waals surface area contributed by atoms with Crippen molar-refractivity contribution in [2.24, 2.45) is 28.9 Å². The fraction of sp³-hybridized carbons (Fsp3) is 0.731. The van der Waals surface area contributed by atoms with Gasteiger partial charge in [-0.15, -0.1) is 0 Å². The summed E-state index contributed by atoms with van der Waals surface area (Å²) in [6.45, 7) is 5.43. The molecule has 4 N–H and O–H groups in total. The van der Waals surface area contributed by atoms with Gasteiger partial charge in [-0.25, -0.2) is 4.98 Å². The van der Waals surface area contributed by atoms with Gasteiger partial charge in [-0.05, 0) is 81.8 Å². The summed E-state index contributed by atoms with van der Waals surface area (Å²) in [6, 6.07) is 6.08. The number of nitrogens with zero attached hydrogens (tertiary/aromatic N) is 3. The summed E-state index contributed by atoms with van der Waals surface area (Å²) >= 11 is 0. The maximum atomic E-state index is 13.2. The third-order valence-electron chi connectivity index (χ3n) is 9.41. The second kappa shape index (κ2) is 7.92. The lowest BCUT2D eigenvalue weighted by Gasteiger charge is -2.58. The number of hydrogen-bond acceptors (Lipinski definition) is 6. The standard InChI is InChI=1S/C26H37N5O3/c1-16-14-30(15-25(5-6-25)24(27)33)7-8-31(16)21-4-2-3-20(28-21)23(32)29-22-18-9-17-10-19(22)13-26(34,11-17)12-18/h2-4,16-19,22,34H,5-15H2,1H3,(H2,27,33)(H,29,32). The van der Waals surface area contributed by atoms with Crippen LogP contribution in [0.25, 0.3) is 0 Å². The number of aliphatic hydroxyl groups is 1. The molecule has 5 aliphatic carbocycles. The lowest BCUT2D eigenvalue weighted by atomic mass is 9.52. The highest BCUT2D eigenvalue weighted by atomic mass is 16.3. The fourth-order valence-corrected chi connectivity index (χ4v) is 7.73. The Hall–Kier alpha value is -2.19. The van der Waals surface area contributed by atoms with Crippen molar-refractivity contribution in [1.82, 2.24) is 15.2 Å². The maximum Gasteiger partial charge on any atom is 0.270 e. The number of nitrogens with two attached hydrogens (primary N) is 1. The quantitative estimate of drug-likeness (QED) is 0.585. The zero-order valence-corrected chi connectivity index (χ0v) is 20.1. The molecule has 3 atom stereocenters. The molecule has 8 heteroatoms. The lowest BCUT2D eigenvalue weighted by molar-refractivity contribution is -0.137. The van der Waals surface area contributed by atoms with Crippen molar-refractivity contribution < 1.29 is 14.7 Å². The van der Waals surface area contributed by atoms with Crippen molar-refractivity contribution in [3.63, 3.8) is 0 Å². The van der Waals surface area contributed by atoms with Crippen LogP contribution in [0.2, 0.25) is 0 Å². The van der Waals surface area contributed by atoms with Gasteiger partial charge in [-0.2, -0.15) is 0 Å². The van der Waals surface area contributed by atoms with E-state index >= 15 is 0 Å². The molecule has 4 bridgehead atoms. The molecule has 1 saturated heterocycles. The predicted molar refractivity (Wildman–Crippen MR) is 128 cm³/mol. The fourth-order valence-electron chi connectivity index (χ4n) is 7.73. The number of amides is 2. The number of carbonyl (C=O) groups excluding carboxylic acids is 2. The Bertz CT molecular complexity index is 978. The summed E-state index contributed by atoms with van der Waals surface area (Å²) in [5.41, 5.74) is 5.28. The molecule has 2 amide bonds. The molecule has 34 heavy (non-hydrogen) atoms. The predicted octanol–water partition coefficient (Wildman–Crippen LogP) is 1.53. The average Bonchev–Trinajstić information content (AvgIpc) is 3.56. The highest BCUT2D eigenvalue weighted by Crippen LogP contribution is 2.55. The van der Waals surface area contributed by atoms with E-state index in [2.05, 4.69) is 22.0 Å². The molecule has 7 rings (SSSR count). The first kappa shape index (κ1) is 22.3. The van der Waals surface area contributed by atoms with Gasteiger partial charge >= 0.3 is 0 Å². The second-order valence-electron chi connectivity index (χ2n) is 12.0. The van der Waals surface area contributed by atoms with Gasteiger partial charge in [-0.3, -0.25) is 14.5 Å². The zero-order valence-electron chi connectivity index (χ0n) is 20.1. The van der Waals surface area contributed by atoms with E-state index in [1.165, 1.54) is 0 Å². The minimum atomic E-state index is -0.495. The number of rotatable bonds is 6. The minimum Gasteiger partial charge on any atom is -0.390 e. The van der Waals surface area contributed by atoms with Crippen LogP contribution in [-0.4, -0.2) is 70.7 Å². The lowest BCUT2D eigenvalue weighted by Crippen LogP contribution is -2.61. The van der Waals surface area contributed by atoms with Gasteiger partial charge in [-0.1, -0.05) is 6.07 Å². The minimum absolute atomic E-state index is 0.102. The Morgan fingerprint density at radius 1 is 1.18 bits per heavy atom. The van der Waals surface area contributed by atoms with Crippen molar-refractivity contribution in [3.8, 4) is 0 Å². The van der Waals surface area contributed by atoms with Crippen LogP contribution in [0, 0.1) is 23.2 Å². The number of carbonyl (C=O) groups is 2. The van der Waals surface area contributed by atoms with E-state index in [9.17, 15) is 14.7 Å². The summed E-state index contributed by atoms with van der Waals surface area (Å²) in [5, 5.41) is 14.1. The Labute approximate surface area is 201 Å². The third kappa shape index (κ3) is 3.88. The monoisotopic (exact) mass is 467 g/mol. The van der Waals surface area contributed by atoms with Crippen molar-refractivity contribution in [3.05, 3.63) is 23.9 Å². The summed E-state index contributed by atoms with van der Waals surface area (Å²) in [7, 11) is 0. The Kier molecular flexibility index (Phi) is 5.19. The number of hydrogen-bond donors (Lipinski definition) is 3. The van der Waals surface area contributed by atoms with Gasteiger partial charge in [0.25, 0.3) is 5.91 Å². The average molecular weight is 468 g/mol. The van der Waals surface area contributed by atoms with Gasteiger partial charge < -0.3 is 21.1 Å². The first-order chi connectivity index (χ1) is 16.2. The zero-order chi connectivity index (χ0) is 23.7. The van der Waals surface area contributed by atoms with Gasteiger partial charge in [0.05, 0.1) is 11.0 Å². The summed E-state index contributed by atoms with van der Waals surface area (Å²) < 4.78 is 0. The molecular weight excluding hydrogens is 430 g/mol. The topological polar surface area (TPSA) is 112 Å². The Morgan fingerprint density at radius 3 is 2.53 bits per heavy atom. The molecule has 0 aromatic carbocycles. The summed E-state index contributed by atoms with van der Waals surface area (Å²) in [5.74, 6) is 1.94. The van der Waals surface area contributed by atoms with E-state index in [4.69, 9.17) is 10.7 Å². The van der Waals surface area contributed by atoms with Crippen LogP contribution in [0.15, 0.2) is 18.2 Å². The Balaban J connectivity index is 1.10. The molecule has 2 heterocycles. The van der Waals surface area contributed by atoms with Crippen molar-refractivity contribution in [2.75, 3.05) is 31.1 Å². The SMILES string of the molecule is CC1CN(CC2(C(N)=O)CC2)CCN1c1cccc(C(=O)NC2C3CC4CC2CC(O)(C4)C3)n1. The normalized spacial score (nSPS) is 38.1. The van der Waals surface area contributed by atoms with E-state index in [0.717, 1.165) is 76.9 Å². The van der Waals surface area contributed by atoms with Crippen LogP contribution in [0.5, 0.6) is 0 Å². The van der Waals surface area contributed by atoms with Crippen LogP contribution < -0.4 is 16.0 Å². The van der Waals surface area contributed by atoms with Gasteiger partial charge in [0.15, 0.2) is 0 Å². The van der Waals surface area contributed by atoms with E-state index in [0.29, 0.717) is 23.4 Å². The largest absolute Gasteiger partial charge is 0.390 e. The molecule has 0 spiro atoms. The van der Waals surface area contributed by atoms with E-state index in [-0.39, 0.29) is 29.3 Å². The number of piperazine rings is 1. The van der Waals surface area contributed by atoms with Crippen LogP contribution in [0.3, 0.4) is 0 Å². The summed E-state index contributed by atoms with van der Waals surface area (Å²) in [4.78, 5) is 34.4. The highest BCUT2D eigenvalue weighted by molar-refractivity contribution is 5.93. The molecule has 184 valence electrons. The molecule has 1 aromatic heterocycles. The van der Waals surface area contributed by atoms with Gasteiger partial charge in [0, 0.05) is 38.3 Å². The molecule has 6 fully saturated rings. The first-order valence-electron chi connectivity index (χ1n) is 13.0.